The fourth-order valence-electron chi connectivity index (χ4n) is 1.46. The monoisotopic (exact) mass is 255 g/mol. The van der Waals surface area contributed by atoms with Gasteiger partial charge in [-0.05, 0) is 12.3 Å². The molecular weight excluding hydrogens is 234 g/mol. The zero-order chi connectivity index (χ0) is 13.4. The summed E-state index contributed by atoms with van der Waals surface area (Å²) >= 11 is 0. The maximum Gasteiger partial charge on any atom is 0.158 e. The Balaban J connectivity index is 2.65. The van der Waals surface area contributed by atoms with E-state index in [2.05, 4.69) is 27.6 Å². The first kappa shape index (κ1) is 14.6. The van der Waals surface area contributed by atoms with E-state index in [9.17, 15) is 0 Å². The van der Waals surface area contributed by atoms with Gasteiger partial charge < -0.3 is 20.6 Å². The van der Waals surface area contributed by atoms with Gasteiger partial charge >= 0.3 is 0 Å². The number of ether oxygens (including phenoxy) is 1. The first-order valence-electron chi connectivity index (χ1n) is 5.87. The van der Waals surface area contributed by atoms with E-state index in [1.54, 1.807) is 13.2 Å². The average molecular weight is 255 g/mol. The van der Waals surface area contributed by atoms with Crippen molar-refractivity contribution < 1.29 is 9.84 Å². The molecule has 0 saturated heterocycles. The summed E-state index contributed by atoms with van der Waals surface area (Å²) in [6.07, 6.45) is 0.755. The highest BCUT2D eigenvalue weighted by Crippen LogP contribution is 2.12. The molecule has 0 aromatic carbocycles. The van der Waals surface area contributed by atoms with Crippen LogP contribution in [0.3, 0.4) is 0 Å². The molecule has 7 nitrogen and oxygen atoms in total. The third-order valence-electron chi connectivity index (χ3n) is 2.45. The highest BCUT2D eigenvalue weighted by Gasteiger charge is 2.06. The maximum atomic E-state index is 8.83. The van der Waals surface area contributed by atoms with Crippen LogP contribution in [0, 0.1) is 5.92 Å². The summed E-state index contributed by atoms with van der Waals surface area (Å²) in [5, 5.41) is 12.0. The fraction of sp³-hybridized carbons (Fsp3) is 0.636. The van der Waals surface area contributed by atoms with Gasteiger partial charge in [0.15, 0.2) is 5.82 Å². The van der Waals surface area contributed by atoms with E-state index in [4.69, 9.17) is 15.7 Å². The van der Waals surface area contributed by atoms with E-state index in [1.807, 2.05) is 0 Å². The van der Waals surface area contributed by atoms with Gasteiger partial charge in [-0.1, -0.05) is 6.92 Å². The highest BCUT2D eigenvalue weighted by atomic mass is 16.5. The lowest BCUT2D eigenvalue weighted by atomic mass is 10.1. The number of anilines is 2. The first-order chi connectivity index (χ1) is 8.69. The van der Waals surface area contributed by atoms with Crippen LogP contribution in [0.1, 0.15) is 19.2 Å². The van der Waals surface area contributed by atoms with Crippen molar-refractivity contribution in [2.75, 3.05) is 31.0 Å². The topological polar surface area (TPSA) is 105 Å². The molecule has 7 heteroatoms. The van der Waals surface area contributed by atoms with Crippen molar-refractivity contribution in [3.05, 3.63) is 11.9 Å². The van der Waals surface area contributed by atoms with Crippen molar-refractivity contribution in [3.8, 4) is 0 Å². The van der Waals surface area contributed by atoms with E-state index in [-0.39, 0.29) is 6.61 Å². The van der Waals surface area contributed by atoms with Crippen molar-refractivity contribution in [1.29, 1.82) is 0 Å². The second-order valence-electron chi connectivity index (χ2n) is 4.13. The van der Waals surface area contributed by atoms with Crippen LogP contribution in [0.15, 0.2) is 6.07 Å². The Kier molecular flexibility index (Phi) is 6.34. The summed E-state index contributed by atoms with van der Waals surface area (Å²) in [5.41, 5.74) is 2.49. The van der Waals surface area contributed by atoms with E-state index in [0.29, 0.717) is 30.0 Å². The van der Waals surface area contributed by atoms with Crippen molar-refractivity contribution in [3.63, 3.8) is 0 Å². The number of aromatic nitrogens is 2. The van der Waals surface area contributed by atoms with Crippen LogP contribution < -0.4 is 16.6 Å². The molecular formula is C11H21N5O2. The number of methoxy groups -OCH3 is 1. The minimum absolute atomic E-state index is 0.192. The predicted molar refractivity (Wildman–Crippen MR) is 69.9 cm³/mol. The number of rotatable bonds is 8. The molecule has 0 aliphatic carbocycles. The molecule has 0 aliphatic rings. The van der Waals surface area contributed by atoms with Gasteiger partial charge in [-0.2, -0.15) is 0 Å². The Morgan fingerprint density at radius 2 is 2.17 bits per heavy atom. The number of aliphatic hydroxyl groups is 1. The highest BCUT2D eigenvalue weighted by molar-refractivity contribution is 5.46. The molecule has 1 aromatic rings. The van der Waals surface area contributed by atoms with E-state index >= 15 is 0 Å². The van der Waals surface area contributed by atoms with E-state index in [1.165, 1.54) is 0 Å². The van der Waals surface area contributed by atoms with Gasteiger partial charge in [0.05, 0.1) is 0 Å². The van der Waals surface area contributed by atoms with Crippen LogP contribution >= 0.6 is 0 Å². The van der Waals surface area contributed by atoms with Gasteiger partial charge in [-0.25, -0.2) is 15.8 Å². The number of aliphatic hydroxyl groups excluding tert-OH is 1. The van der Waals surface area contributed by atoms with Crippen LogP contribution in [0.2, 0.25) is 0 Å². The molecule has 1 rings (SSSR count). The second kappa shape index (κ2) is 7.80. The standard InChI is InChI=1S/C11H21N5O2/c1-8(3-4-17)6-13-9-5-10(16-12)15-11(14-9)7-18-2/h5,8,17H,3-4,6-7,12H2,1-2H3,(H2,13,14,15,16). The van der Waals surface area contributed by atoms with Gasteiger partial charge in [0, 0.05) is 26.3 Å². The number of nitrogens with zero attached hydrogens (tertiary/aromatic N) is 2. The molecule has 1 aromatic heterocycles. The van der Waals surface area contributed by atoms with Crippen molar-refractivity contribution in [1.82, 2.24) is 9.97 Å². The minimum atomic E-state index is 0.192. The summed E-state index contributed by atoms with van der Waals surface area (Å²) in [7, 11) is 1.59. The average Bonchev–Trinajstić information content (AvgIpc) is 2.37. The molecule has 1 atom stereocenters. The van der Waals surface area contributed by atoms with Crippen molar-refractivity contribution >= 4 is 11.6 Å². The number of hydrogen-bond acceptors (Lipinski definition) is 7. The quantitative estimate of drug-likeness (QED) is 0.392. The summed E-state index contributed by atoms with van der Waals surface area (Å²) in [6.45, 7) is 3.31. The Morgan fingerprint density at radius 3 is 2.78 bits per heavy atom. The minimum Gasteiger partial charge on any atom is -0.396 e. The molecule has 0 radical (unpaired) electrons. The predicted octanol–water partition coefficient (Wildman–Crippen LogP) is 0.339. The van der Waals surface area contributed by atoms with Crippen LogP contribution in [0.25, 0.3) is 0 Å². The lowest BCUT2D eigenvalue weighted by Gasteiger charge is -2.13. The maximum absolute atomic E-state index is 8.83. The summed E-state index contributed by atoms with van der Waals surface area (Å²) < 4.78 is 4.99. The van der Waals surface area contributed by atoms with Crippen molar-refractivity contribution in [2.24, 2.45) is 11.8 Å². The Hall–Kier alpha value is -1.44. The lowest BCUT2D eigenvalue weighted by Crippen LogP contribution is -2.16. The number of nitrogens with one attached hydrogen (secondary N) is 2. The smallest absolute Gasteiger partial charge is 0.158 e. The van der Waals surface area contributed by atoms with Gasteiger partial charge in [-0.15, -0.1) is 0 Å². The first-order valence-corrected chi connectivity index (χ1v) is 5.87. The summed E-state index contributed by atoms with van der Waals surface area (Å²) in [5.74, 6) is 7.50. The van der Waals surface area contributed by atoms with Gasteiger partial charge in [0.2, 0.25) is 0 Å². The number of hydrazine groups is 1. The third-order valence-corrected chi connectivity index (χ3v) is 2.45. The third kappa shape index (κ3) is 4.82. The molecule has 0 bridgehead atoms. The van der Waals surface area contributed by atoms with Gasteiger partial charge in [0.1, 0.15) is 18.2 Å². The lowest BCUT2D eigenvalue weighted by molar-refractivity contribution is 0.178. The zero-order valence-corrected chi connectivity index (χ0v) is 10.8. The van der Waals surface area contributed by atoms with Crippen LogP contribution in [-0.4, -0.2) is 35.3 Å². The molecule has 18 heavy (non-hydrogen) atoms. The second-order valence-corrected chi connectivity index (χ2v) is 4.13. The summed E-state index contributed by atoms with van der Waals surface area (Å²) in [6, 6.07) is 1.73. The molecule has 5 N–H and O–H groups in total. The van der Waals surface area contributed by atoms with E-state index < -0.39 is 0 Å². The molecule has 0 aliphatic heterocycles. The summed E-state index contributed by atoms with van der Waals surface area (Å²) in [4.78, 5) is 8.45. The SMILES string of the molecule is COCc1nc(NN)cc(NCC(C)CCO)n1. The molecule has 1 heterocycles. The van der Waals surface area contributed by atoms with Crippen LogP contribution in [0.5, 0.6) is 0 Å². The van der Waals surface area contributed by atoms with E-state index in [0.717, 1.165) is 13.0 Å². The zero-order valence-electron chi connectivity index (χ0n) is 10.8. The number of nitrogen functional groups attached to an aromatic ring is 1. The fourth-order valence-corrected chi connectivity index (χ4v) is 1.46. The Morgan fingerprint density at radius 1 is 1.44 bits per heavy atom. The molecule has 0 saturated carbocycles. The van der Waals surface area contributed by atoms with Crippen LogP contribution in [-0.2, 0) is 11.3 Å². The Labute approximate surface area is 107 Å². The molecule has 102 valence electrons. The van der Waals surface area contributed by atoms with Gasteiger partial charge in [0.25, 0.3) is 0 Å². The number of hydrogen-bond donors (Lipinski definition) is 4. The van der Waals surface area contributed by atoms with Crippen LogP contribution in [0.4, 0.5) is 11.6 Å². The van der Waals surface area contributed by atoms with Gasteiger partial charge in [-0.3, -0.25) is 0 Å². The Bertz CT molecular complexity index is 361. The molecule has 1 unspecified atom stereocenters. The molecule has 0 fully saturated rings. The molecule has 0 spiro atoms. The number of nitrogens with two attached hydrogens (primary N) is 1. The molecule has 0 amide bonds. The largest absolute Gasteiger partial charge is 0.396 e. The van der Waals surface area contributed by atoms with Crippen molar-refractivity contribution in [2.45, 2.75) is 20.0 Å². The normalized spacial score (nSPS) is 12.2.